The van der Waals surface area contributed by atoms with Crippen LogP contribution in [-0.2, 0) is 11.3 Å². The molecule has 26 heavy (non-hydrogen) atoms. The molecule has 1 aromatic heterocycles. The molecule has 0 bridgehead atoms. The zero-order valence-corrected chi connectivity index (χ0v) is 14.8. The largest absolute Gasteiger partial charge is 0.481 e. The molecule has 0 aliphatic carbocycles. The van der Waals surface area contributed by atoms with Gasteiger partial charge in [-0.15, -0.1) is 0 Å². The van der Waals surface area contributed by atoms with Gasteiger partial charge in [0.2, 0.25) is 11.7 Å². The maximum atomic E-state index is 12.7. The van der Waals surface area contributed by atoms with Gasteiger partial charge in [-0.05, 0) is 18.6 Å². The van der Waals surface area contributed by atoms with E-state index in [9.17, 15) is 4.79 Å². The Morgan fingerprint density at radius 3 is 2.42 bits per heavy atom. The van der Waals surface area contributed by atoms with Crippen LogP contribution in [-0.4, -0.2) is 34.1 Å². The van der Waals surface area contributed by atoms with Crippen molar-refractivity contribution in [2.24, 2.45) is 0 Å². The second-order valence-corrected chi connectivity index (χ2v) is 5.90. The van der Waals surface area contributed by atoms with Gasteiger partial charge in [0.25, 0.3) is 5.91 Å². The van der Waals surface area contributed by atoms with E-state index >= 15 is 0 Å². The lowest BCUT2D eigenvalue weighted by Gasteiger charge is -2.22. The molecule has 1 unspecified atom stereocenters. The van der Waals surface area contributed by atoms with Gasteiger partial charge < -0.3 is 14.2 Å². The molecule has 6 nitrogen and oxygen atoms in total. The van der Waals surface area contributed by atoms with E-state index in [1.807, 2.05) is 67.6 Å². The molecule has 1 heterocycles. The van der Waals surface area contributed by atoms with Crippen LogP contribution in [0.2, 0.25) is 0 Å². The highest BCUT2D eigenvalue weighted by atomic mass is 16.5. The number of para-hydroxylation sites is 1. The van der Waals surface area contributed by atoms with Crippen molar-refractivity contribution in [2.75, 3.05) is 7.05 Å². The summed E-state index contributed by atoms with van der Waals surface area (Å²) in [7, 11) is 1.70. The first-order chi connectivity index (χ1) is 12.7. The molecule has 3 aromatic rings. The molecule has 0 N–H and O–H groups in total. The number of carbonyl (C=O) groups is 1. The summed E-state index contributed by atoms with van der Waals surface area (Å²) in [5.74, 6) is 1.43. The summed E-state index contributed by atoms with van der Waals surface area (Å²) in [6.45, 7) is 2.15. The van der Waals surface area contributed by atoms with E-state index in [-0.39, 0.29) is 12.5 Å². The van der Waals surface area contributed by atoms with Gasteiger partial charge >= 0.3 is 0 Å². The van der Waals surface area contributed by atoms with E-state index in [1.54, 1.807) is 11.9 Å². The lowest BCUT2D eigenvalue weighted by atomic mass is 10.2. The van der Waals surface area contributed by atoms with Crippen molar-refractivity contribution in [3.63, 3.8) is 0 Å². The third-order valence-electron chi connectivity index (χ3n) is 3.92. The van der Waals surface area contributed by atoms with E-state index in [0.717, 1.165) is 5.56 Å². The van der Waals surface area contributed by atoms with Gasteiger partial charge in [0, 0.05) is 12.6 Å². The van der Waals surface area contributed by atoms with Crippen LogP contribution in [0.25, 0.3) is 11.4 Å². The molecule has 0 saturated heterocycles. The van der Waals surface area contributed by atoms with Gasteiger partial charge in [0.05, 0.1) is 6.54 Å². The Morgan fingerprint density at radius 1 is 1.12 bits per heavy atom. The van der Waals surface area contributed by atoms with Crippen molar-refractivity contribution in [1.82, 2.24) is 15.0 Å². The molecular formula is C20H21N3O3. The van der Waals surface area contributed by atoms with E-state index in [1.165, 1.54) is 0 Å². The summed E-state index contributed by atoms with van der Waals surface area (Å²) < 4.78 is 11.1. The average Bonchev–Trinajstić information content (AvgIpc) is 3.15. The van der Waals surface area contributed by atoms with Crippen LogP contribution in [0.5, 0.6) is 5.75 Å². The first-order valence-corrected chi connectivity index (χ1v) is 8.52. The van der Waals surface area contributed by atoms with Gasteiger partial charge in [0.1, 0.15) is 5.75 Å². The maximum Gasteiger partial charge on any atom is 0.263 e. The topological polar surface area (TPSA) is 68.5 Å². The molecule has 0 aliphatic rings. The summed E-state index contributed by atoms with van der Waals surface area (Å²) in [5, 5.41) is 3.98. The molecular weight excluding hydrogens is 330 g/mol. The zero-order chi connectivity index (χ0) is 18.4. The lowest BCUT2D eigenvalue weighted by molar-refractivity contribution is -0.138. The molecule has 134 valence electrons. The molecule has 3 rings (SSSR count). The van der Waals surface area contributed by atoms with Crippen LogP contribution >= 0.6 is 0 Å². The minimum atomic E-state index is -0.557. The summed E-state index contributed by atoms with van der Waals surface area (Å²) in [6.07, 6.45) is 0.0101. The molecule has 2 aromatic carbocycles. The fourth-order valence-electron chi connectivity index (χ4n) is 2.52. The van der Waals surface area contributed by atoms with Gasteiger partial charge in [-0.1, -0.05) is 60.6 Å². The number of benzene rings is 2. The normalized spacial score (nSPS) is 11.8. The van der Waals surface area contributed by atoms with E-state index < -0.39 is 6.10 Å². The van der Waals surface area contributed by atoms with Crippen molar-refractivity contribution in [2.45, 2.75) is 26.0 Å². The zero-order valence-electron chi connectivity index (χ0n) is 14.8. The van der Waals surface area contributed by atoms with Crippen LogP contribution in [0, 0.1) is 0 Å². The third kappa shape index (κ3) is 4.27. The summed E-state index contributed by atoms with van der Waals surface area (Å²) >= 11 is 0. The molecule has 0 fully saturated rings. The quantitative estimate of drug-likeness (QED) is 0.651. The Labute approximate surface area is 152 Å². The van der Waals surface area contributed by atoms with Gasteiger partial charge in [0.15, 0.2) is 6.10 Å². The number of likely N-dealkylation sites (N-methyl/N-ethyl adjacent to an activating group) is 1. The Morgan fingerprint density at radius 2 is 1.77 bits per heavy atom. The van der Waals surface area contributed by atoms with Crippen molar-refractivity contribution >= 4 is 5.91 Å². The number of aromatic nitrogens is 2. The number of amides is 1. The minimum Gasteiger partial charge on any atom is -0.481 e. The maximum absolute atomic E-state index is 12.7. The summed E-state index contributed by atoms with van der Waals surface area (Å²) in [4.78, 5) is 18.6. The molecule has 0 saturated carbocycles. The fraction of sp³-hybridized carbons (Fsp3) is 0.250. The van der Waals surface area contributed by atoms with Crippen molar-refractivity contribution < 1.29 is 14.1 Å². The number of hydrogen-bond donors (Lipinski definition) is 0. The molecule has 0 spiro atoms. The first kappa shape index (κ1) is 17.7. The van der Waals surface area contributed by atoms with E-state index in [0.29, 0.717) is 23.9 Å². The highest BCUT2D eigenvalue weighted by Gasteiger charge is 2.24. The molecule has 0 radical (unpaired) electrons. The molecule has 0 aliphatic heterocycles. The summed E-state index contributed by atoms with van der Waals surface area (Å²) in [5.41, 5.74) is 0.871. The van der Waals surface area contributed by atoms with Gasteiger partial charge in [-0.25, -0.2) is 0 Å². The molecule has 6 heteroatoms. The Kier molecular flexibility index (Phi) is 5.63. The number of ether oxygens (including phenoxy) is 1. The van der Waals surface area contributed by atoms with Gasteiger partial charge in [-0.2, -0.15) is 4.98 Å². The second-order valence-electron chi connectivity index (χ2n) is 5.90. The van der Waals surface area contributed by atoms with Crippen LogP contribution in [0.1, 0.15) is 19.2 Å². The van der Waals surface area contributed by atoms with Crippen molar-refractivity contribution in [3.8, 4) is 17.1 Å². The Hall–Kier alpha value is -3.15. The highest BCUT2D eigenvalue weighted by molar-refractivity contribution is 5.80. The predicted octanol–water partition coefficient (Wildman–Crippen LogP) is 3.55. The SMILES string of the molecule is CCC(Oc1ccccc1)C(=O)N(C)Cc1nc(-c2ccccc2)no1. The second kappa shape index (κ2) is 8.29. The van der Waals surface area contributed by atoms with E-state index in [2.05, 4.69) is 10.1 Å². The summed E-state index contributed by atoms with van der Waals surface area (Å²) in [6, 6.07) is 18.9. The molecule has 1 amide bonds. The van der Waals surface area contributed by atoms with Crippen LogP contribution < -0.4 is 4.74 Å². The minimum absolute atomic E-state index is 0.129. The third-order valence-corrected chi connectivity index (χ3v) is 3.92. The van der Waals surface area contributed by atoms with Crippen LogP contribution in [0.15, 0.2) is 65.2 Å². The molecule has 1 atom stereocenters. The highest BCUT2D eigenvalue weighted by Crippen LogP contribution is 2.17. The monoisotopic (exact) mass is 351 g/mol. The lowest BCUT2D eigenvalue weighted by Crippen LogP contribution is -2.39. The predicted molar refractivity (Wildman–Crippen MR) is 97.4 cm³/mol. The first-order valence-electron chi connectivity index (χ1n) is 8.52. The van der Waals surface area contributed by atoms with Gasteiger partial charge in [-0.3, -0.25) is 4.79 Å². The average molecular weight is 351 g/mol. The van der Waals surface area contributed by atoms with Crippen molar-refractivity contribution in [1.29, 1.82) is 0 Å². The number of carbonyl (C=O) groups excluding carboxylic acids is 1. The van der Waals surface area contributed by atoms with Crippen LogP contribution in [0.3, 0.4) is 0 Å². The Balaban J connectivity index is 1.64. The van der Waals surface area contributed by atoms with E-state index in [4.69, 9.17) is 9.26 Å². The smallest absolute Gasteiger partial charge is 0.263 e. The number of hydrogen-bond acceptors (Lipinski definition) is 5. The fourth-order valence-corrected chi connectivity index (χ4v) is 2.52. The number of rotatable bonds is 7. The van der Waals surface area contributed by atoms with Crippen molar-refractivity contribution in [3.05, 3.63) is 66.6 Å². The van der Waals surface area contributed by atoms with Crippen LogP contribution in [0.4, 0.5) is 0 Å². The Bertz CT molecular complexity index is 834. The number of nitrogens with zero attached hydrogens (tertiary/aromatic N) is 3. The standard InChI is InChI=1S/C20H21N3O3/c1-3-17(25-16-12-8-5-9-13-16)20(24)23(2)14-18-21-19(22-26-18)15-10-6-4-7-11-15/h4-13,17H,3,14H2,1-2H3.